The number of nitrogens with two attached hydrogens (primary N) is 1. The summed E-state index contributed by atoms with van der Waals surface area (Å²) in [4.78, 5) is 10.0. The Morgan fingerprint density at radius 1 is 1.32 bits per heavy atom. The number of anilines is 1. The normalized spacial score (nSPS) is 15.4. The molecule has 0 amide bonds. The van der Waals surface area contributed by atoms with Gasteiger partial charge in [-0.2, -0.15) is 5.10 Å². The summed E-state index contributed by atoms with van der Waals surface area (Å²) in [7, 11) is -4.04. The summed E-state index contributed by atoms with van der Waals surface area (Å²) in [5, 5.41) is 23.6. The molecule has 1 heterocycles. The van der Waals surface area contributed by atoms with Crippen molar-refractivity contribution in [2.75, 3.05) is 5.32 Å². The van der Waals surface area contributed by atoms with Crippen LogP contribution in [0.1, 0.15) is 37.4 Å². The highest BCUT2D eigenvalue weighted by molar-refractivity contribution is 7.89. The zero-order chi connectivity index (χ0) is 18.0. The third-order valence-electron chi connectivity index (χ3n) is 4.27. The molecule has 10 heteroatoms. The molecule has 0 aliphatic heterocycles. The van der Waals surface area contributed by atoms with Gasteiger partial charge in [-0.3, -0.25) is 14.8 Å². The molecule has 1 fully saturated rings. The second-order valence-corrected chi connectivity index (χ2v) is 7.66. The summed E-state index contributed by atoms with van der Waals surface area (Å²) in [6.07, 6.45) is 6.59. The third-order valence-corrected chi connectivity index (χ3v) is 5.16. The van der Waals surface area contributed by atoms with E-state index in [0.29, 0.717) is 18.3 Å². The number of nitrogens with one attached hydrogen (secondary N) is 1. The molecule has 9 nitrogen and oxygen atoms in total. The minimum atomic E-state index is -4.04. The van der Waals surface area contributed by atoms with Gasteiger partial charge in [0.2, 0.25) is 10.0 Å². The zero-order valence-electron chi connectivity index (χ0n) is 13.5. The van der Waals surface area contributed by atoms with E-state index in [1.54, 1.807) is 0 Å². The van der Waals surface area contributed by atoms with Gasteiger partial charge in [-0.1, -0.05) is 12.8 Å². The number of benzene rings is 1. The van der Waals surface area contributed by atoms with Crippen molar-refractivity contribution in [3.05, 3.63) is 46.3 Å². The van der Waals surface area contributed by atoms with E-state index in [9.17, 15) is 18.5 Å². The van der Waals surface area contributed by atoms with Crippen LogP contribution in [0.25, 0.3) is 0 Å². The fourth-order valence-corrected chi connectivity index (χ4v) is 3.57. The molecule has 0 radical (unpaired) electrons. The fourth-order valence-electron chi connectivity index (χ4n) is 2.99. The van der Waals surface area contributed by atoms with Gasteiger partial charge in [0.1, 0.15) is 0 Å². The van der Waals surface area contributed by atoms with Gasteiger partial charge in [0, 0.05) is 24.0 Å². The molecule has 1 aromatic heterocycles. The van der Waals surface area contributed by atoms with Gasteiger partial charge in [0.05, 0.1) is 28.1 Å². The molecule has 1 aromatic carbocycles. The number of hydrogen-bond donors (Lipinski definition) is 2. The number of rotatable bonds is 6. The highest BCUT2D eigenvalue weighted by atomic mass is 32.2. The number of aromatic nitrogens is 2. The topological polar surface area (TPSA) is 133 Å². The lowest BCUT2D eigenvalue weighted by Gasteiger charge is -2.09. The predicted molar refractivity (Wildman–Crippen MR) is 91.5 cm³/mol. The van der Waals surface area contributed by atoms with Crippen molar-refractivity contribution in [3.63, 3.8) is 0 Å². The van der Waals surface area contributed by atoms with Crippen molar-refractivity contribution in [2.45, 2.75) is 43.2 Å². The molecular weight excluding hydrogens is 346 g/mol. The number of sulfonamides is 1. The van der Waals surface area contributed by atoms with E-state index >= 15 is 0 Å². The van der Waals surface area contributed by atoms with Crippen molar-refractivity contribution in [1.29, 1.82) is 0 Å². The van der Waals surface area contributed by atoms with E-state index in [1.807, 2.05) is 16.9 Å². The van der Waals surface area contributed by atoms with E-state index < -0.39 is 14.9 Å². The maximum absolute atomic E-state index is 11.5. The molecule has 1 aliphatic carbocycles. The molecule has 0 unspecified atom stereocenters. The molecule has 0 bridgehead atoms. The van der Waals surface area contributed by atoms with E-state index in [-0.39, 0.29) is 10.6 Å². The van der Waals surface area contributed by atoms with Crippen molar-refractivity contribution in [3.8, 4) is 0 Å². The van der Waals surface area contributed by atoms with Crippen LogP contribution < -0.4 is 10.5 Å². The highest BCUT2D eigenvalue weighted by Crippen LogP contribution is 2.29. The van der Waals surface area contributed by atoms with Crippen molar-refractivity contribution in [2.24, 2.45) is 5.14 Å². The van der Waals surface area contributed by atoms with Crippen LogP contribution in [0.5, 0.6) is 0 Å². The van der Waals surface area contributed by atoms with Crippen LogP contribution in [0.2, 0.25) is 0 Å². The molecule has 3 rings (SSSR count). The number of non-ortho nitro benzene ring substituents is 1. The van der Waals surface area contributed by atoms with E-state index in [0.717, 1.165) is 24.6 Å². The molecule has 25 heavy (non-hydrogen) atoms. The Kier molecular flexibility index (Phi) is 4.73. The largest absolute Gasteiger partial charge is 0.379 e. The van der Waals surface area contributed by atoms with Crippen LogP contribution in [0.15, 0.2) is 35.4 Å². The Morgan fingerprint density at radius 3 is 2.68 bits per heavy atom. The molecule has 0 saturated heterocycles. The van der Waals surface area contributed by atoms with Crippen LogP contribution in [0, 0.1) is 10.1 Å². The lowest BCUT2D eigenvalue weighted by Crippen LogP contribution is -2.13. The van der Waals surface area contributed by atoms with Crippen molar-refractivity contribution < 1.29 is 13.3 Å². The number of nitrogens with zero attached hydrogens (tertiary/aromatic N) is 3. The smallest absolute Gasteiger partial charge is 0.272 e. The van der Waals surface area contributed by atoms with Gasteiger partial charge in [-0.15, -0.1) is 0 Å². The highest BCUT2D eigenvalue weighted by Gasteiger charge is 2.18. The maximum Gasteiger partial charge on any atom is 0.272 e. The second kappa shape index (κ2) is 6.81. The lowest BCUT2D eigenvalue weighted by molar-refractivity contribution is -0.385. The molecule has 0 atom stereocenters. The first-order chi connectivity index (χ1) is 11.8. The quantitative estimate of drug-likeness (QED) is 0.595. The van der Waals surface area contributed by atoms with Crippen LogP contribution in [0.3, 0.4) is 0 Å². The minimum Gasteiger partial charge on any atom is -0.379 e. The number of hydrogen-bond acceptors (Lipinski definition) is 6. The van der Waals surface area contributed by atoms with Gasteiger partial charge in [0.25, 0.3) is 5.69 Å². The van der Waals surface area contributed by atoms with Gasteiger partial charge < -0.3 is 5.32 Å². The summed E-state index contributed by atoms with van der Waals surface area (Å²) in [6, 6.07) is 5.79. The molecule has 1 saturated carbocycles. The first-order valence-corrected chi connectivity index (χ1v) is 9.48. The molecule has 1 aliphatic rings. The first-order valence-electron chi connectivity index (χ1n) is 7.93. The monoisotopic (exact) mass is 365 g/mol. The predicted octanol–water partition coefficient (Wildman–Crippen LogP) is 2.17. The van der Waals surface area contributed by atoms with Crippen LogP contribution in [-0.2, 0) is 16.6 Å². The zero-order valence-corrected chi connectivity index (χ0v) is 14.3. The standard InChI is InChI=1S/C15H19N5O4S/c16-25(23,24)15-8-12(7-14(9-15)20(21)22)17-10-11-5-6-19(18-11)13-3-1-2-4-13/h5-9,13,17H,1-4,10H2,(H2,16,23,24). The molecular formula is C15H19N5O4S. The molecule has 3 N–H and O–H groups in total. The average Bonchev–Trinajstić information content (AvgIpc) is 3.23. The Labute approximate surface area is 145 Å². The number of nitro benzene ring substituents is 1. The fraction of sp³-hybridized carbons (Fsp3) is 0.400. The molecule has 2 aromatic rings. The lowest BCUT2D eigenvalue weighted by atomic mass is 10.2. The summed E-state index contributed by atoms with van der Waals surface area (Å²) >= 11 is 0. The van der Waals surface area contributed by atoms with Crippen molar-refractivity contribution in [1.82, 2.24) is 9.78 Å². The Morgan fingerprint density at radius 2 is 2.04 bits per heavy atom. The summed E-state index contributed by atoms with van der Waals surface area (Å²) in [5.41, 5.74) is 0.731. The summed E-state index contributed by atoms with van der Waals surface area (Å²) in [5.74, 6) is 0. The number of primary sulfonamides is 1. The van der Waals surface area contributed by atoms with Gasteiger partial charge in [-0.25, -0.2) is 13.6 Å². The molecule has 134 valence electrons. The van der Waals surface area contributed by atoms with E-state index in [2.05, 4.69) is 10.4 Å². The third kappa shape index (κ3) is 4.15. The van der Waals surface area contributed by atoms with Gasteiger partial charge >= 0.3 is 0 Å². The first kappa shape index (κ1) is 17.4. The SMILES string of the molecule is NS(=O)(=O)c1cc(NCc2ccn(C3CCCC3)n2)cc([N+](=O)[O-])c1. The van der Waals surface area contributed by atoms with Crippen LogP contribution >= 0.6 is 0 Å². The summed E-state index contributed by atoms with van der Waals surface area (Å²) < 4.78 is 24.9. The number of nitro groups is 1. The van der Waals surface area contributed by atoms with E-state index in [1.165, 1.54) is 25.0 Å². The second-order valence-electron chi connectivity index (χ2n) is 6.10. The van der Waals surface area contributed by atoms with E-state index in [4.69, 9.17) is 5.14 Å². The average molecular weight is 365 g/mol. The maximum atomic E-state index is 11.5. The Bertz CT molecular complexity index is 887. The molecule has 0 spiro atoms. The van der Waals surface area contributed by atoms with Gasteiger partial charge in [-0.05, 0) is 25.0 Å². The Balaban J connectivity index is 1.76. The van der Waals surface area contributed by atoms with Crippen molar-refractivity contribution >= 4 is 21.4 Å². The van der Waals surface area contributed by atoms with Gasteiger partial charge in [0.15, 0.2) is 0 Å². The minimum absolute atomic E-state index is 0.300. The van der Waals surface area contributed by atoms with Crippen LogP contribution in [0.4, 0.5) is 11.4 Å². The summed E-state index contributed by atoms with van der Waals surface area (Å²) in [6.45, 7) is 0.324. The van der Waals surface area contributed by atoms with Crippen LogP contribution in [-0.4, -0.2) is 23.1 Å². The Hall–Kier alpha value is -2.46.